The van der Waals surface area contributed by atoms with Crippen LogP contribution in [0.4, 0.5) is 0 Å². The quantitative estimate of drug-likeness (QED) is 0.572. The number of allylic oxidation sites excluding steroid dienone is 1. The first kappa shape index (κ1) is 15.3. The van der Waals surface area contributed by atoms with Crippen molar-refractivity contribution in [2.45, 2.75) is 13.0 Å². The van der Waals surface area contributed by atoms with E-state index in [1.807, 2.05) is 42.1 Å². The largest absolute Gasteiger partial charge is 0.494 e. The third-order valence-corrected chi connectivity index (χ3v) is 4.25. The highest BCUT2D eigenvalue weighted by molar-refractivity contribution is 7.71. The summed E-state index contributed by atoms with van der Waals surface area (Å²) < 4.78 is 3.66. The van der Waals surface area contributed by atoms with Gasteiger partial charge in [-0.25, -0.2) is 0 Å². The summed E-state index contributed by atoms with van der Waals surface area (Å²) in [6.07, 6.45) is 3.92. The Morgan fingerprint density at radius 1 is 1.39 bits per heavy atom. The Labute approximate surface area is 138 Å². The minimum Gasteiger partial charge on any atom is -0.494 e. The SMILES string of the molecule is C=CCn1c(O)c(Cc2cn(C)c3ccccc23)c(=O)[nH]c1=S. The van der Waals surface area contributed by atoms with Crippen molar-refractivity contribution in [1.82, 2.24) is 14.1 Å². The van der Waals surface area contributed by atoms with E-state index in [2.05, 4.69) is 11.6 Å². The van der Waals surface area contributed by atoms with Crippen molar-refractivity contribution in [3.63, 3.8) is 0 Å². The van der Waals surface area contributed by atoms with Gasteiger partial charge in [-0.2, -0.15) is 0 Å². The van der Waals surface area contributed by atoms with E-state index in [-0.39, 0.29) is 16.2 Å². The number of para-hydroxylation sites is 1. The molecule has 0 radical (unpaired) electrons. The first-order chi connectivity index (χ1) is 11.0. The highest BCUT2D eigenvalue weighted by atomic mass is 32.1. The summed E-state index contributed by atoms with van der Waals surface area (Å²) in [5.41, 5.74) is 2.00. The van der Waals surface area contributed by atoms with E-state index in [4.69, 9.17) is 12.2 Å². The van der Waals surface area contributed by atoms with Crippen LogP contribution in [-0.4, -0.2) is 19.2 Å². The van der Waals surface area contributed by atoms with E-state index < -0.39 is 0 Å². The number of hydrogen-bond donors (Lipinski definition) is 2. The van der Waals surface area contributed by atoms with Crippen LogP contribution in [0, 0.1) is 4.77 Å². The van der Waals surface area contributed by atoms with Crippen molar-refractivity contribution in [2.75, 3.05) is 0 Å². The minimum atomic E-state index is -0.360. The van der Waals surface area contributed by atoms with Gasteiger partial charge >= 0.3 is 0 Å². The van der Waals surface area contributed by atoms with Gasteiger partial charge in [-0.3, -0.25) is 14.3 Å². The van der Waals surface area contributed by atoms with E-state index >= 15 is 0 Å². The molecule has 0 fully saturated rings. The van der Waals surface area contributed by atoms with Gasteiger partial charge in [0.2, 0.25) is 5.88 Å². The Hall–Kier alpha value is -2.60. The molecule has 6 heteroatoms. The molecule has 0 spiro atoms. The van der Waals surface area contributed by atoms with E-state index in [1.54, 1.807) is 6.08 Å². The van der Waals surface area contributed by atoms with Crippen LogP contribution in [-0.2, 0) is 20.0 Å². The molecule has 2 heterocycles. The number of nitrogens with zero attached hydrogens (tertiary/aromatic N) is 2. The number of hydrogen-bond acceptors (Lipinski definition) is 3. The van der Waals surface area contributed by atoms with Gasteiger partial charge < -0.3 is 9.67 Å². The molecule has 118 valence electrons. The molecule has 3 rings (SSSR count). The smallest absolute Gasteiger partial charge is 0.259 e. The molecule has 0 bridgehead atoms. The number of aromatic amines is 1. The van der Waals surface area contributed by atoms with Crippen LogP contribution < -0.4 is 5.56 Å². The van der Waals surface area contributed by atoms with Gasteiger partial charge in [-0.05, 0) is 23.8 Å². The zero-order chi connectivity index (χ0) is 16.6. The maximum atomic E-state index is 12.2. The fraction of sp³-hybridized carbons (Fsp3) is 0.176. The summed E-state index contributed by atoms with van der Waals surface area (Å²) in [4.78, 5) is 14.9. The molecule has 5 nitrogen and oxygen atoms in total. The lowest BCUT2D eigenvalue weighted by Gasteiger charge is -2.10. The molecule has 0 aliphatic rings. The number of H-pyrrole nitrogens is 1. The fourth-order valence-electron chi connectivity index (χ4n) is 2.82. The highest BCUT2D eigenvalue weighted by Gasteiger charge is 2.15. The molecule has 2 aromatic heterocycles. The molecule has 0 unspecified atom stereocenters. The van der Waals surface area contributed by atoms with Crippen molar-refractivity contribution in [3.05, 3.63) is 69.4 Å². The van der Waals surface area contributed by atoms with Crippen LogP contribution >= 0.6 is 12.2 Å². The van der Waals surface area contributed by atoms with Crippen LogP contribution in [0.2, 0.25) is 0 Å². The molecule has 0 amide bonds. The number of fused-ring (bicyclic) bond motifs is 1. The van der Waals surface area contributed by atoms with E-state index in [9.17, 15) is 9.90 Å². The van der Waals surface area contributed by atoms with Gasteiger partial charge in [-0.15, -0.1) is 6.58 Å². The zero-order valence-electron chi connectivity index (χ0n) is 12.7. The van der Waals surface area contributed by atoms with Gasteiger partial charge in [0.15, 0.2) is 4.77 Å². The Morgan fingerprint density at radius 2 is 2.13 bits per heavy atom. The maximum absolute atomic E-state index is 12.2. The average molecular weight is 327 g/mol. The third-order valence-electron chi connectivity index (χ3n) is 3.92. The maximum Gasteiger partial charge on any atom is 0.259 e. The average Bonchev–Trinajstić information content (AvgIpc) is 2.85. The van der Waals surface area contributed by atoms with Crippen molar-refractivity contribution < 1.29 is 5.11 Å². The van der Waals surface area contributed by atoms with Gasteiger partial charge in [0.25, 0.3) is 5.56 Å². The summed E-state index contributed by atoms with van der Waals surface area (Å²) >= 11 is 5.09. The van der Waals surface area contributed by atoms with Crippen LogP contribution in [0.15, 0.2) is 47.9 Å². The lowest BCUT2D eigenvalue weighted by molar-refractivity contribution is 0.407. The monoisotopic (exact) mass is 327 g/mol. The number of aryl methyl sites for hydroxylation is 1. The van der Waals surface area contributed by atoms with Gasteiger partial charge in [0.05, 0.1) is 5.56 Å². The second kappa shape index (κ2) is 5.89. The van der Waals surface area contributed by atoms with Crippen molar-refractivity contribution in [3.8, 4) is 5.88 Å². The number of aromatic nitrogens is 3. The molecular weight excluding hydrogens is 310 g/mol. The second-order valence-electron chi connectivity index (χ2n) is 5.42. The van der Waals surface area contributed by atoms with Crippen molar-refractivity contribution >= 4 is 23.1 Å². The molecule has 0 saturated carbocycles. The summed E-state index contributed by atoms with van der Waals surface area (Å²) in [6.45, 7) is 3.98. The zero-order valence-corrected chi connectivity index (χ0v) is 13.6. The molecule has 0 aliphatic heterocycles. The standard InChI is InChI=1S/C17H17N3O2S/c1-3-8-20-16(22)13(15(21)18-17(20)23)9-11-10-19(2)14-7-5-4-6-12(11)14/h3-7,10,22H,1,8-9H2,2H3,(H,18,21,23). The number of aromatic hydroxyl groups is 1. The first-order valence-corrected chi connectivity index (χ1v) is 7.62. The highest BCUT2D eigenvalue weighted by Crippen LogP contribution is 2.24. The van der Waals surface area contributed by atoms with Gasteiger partial charge in [0, 0.05) is 37.1 Å². The Balaban J connectivity index is 2.16. The molecule has 0 atom stereocenters. The lowest BCUT2D eigenvalue weighted by atomic mass is 10.1. The molecule has 2 N–H and O–H groups in total. The van der Waals surface area contributed by atoms with E-state index in [1.165, 1.54) is 4.57 Å². The normalized spacial score (nSPS) is 11.0. The van der Waals surface area contributed by atoms with E-state index in [0.29, 0.717) is 18.5 Å². The Kier molecular flexibility index (Phi) is 3.92. The van der Waals surface area contributed by atoms with Crippen LogP contribution in [0.1, 0.15) is 11.1 Å². The summed E-state index contributed by atoms with van der Waals surface area (Å²) in [7, 11) is 1.96. The minimum absolute atomic E-state index is 0.105. The molecule has 0 saturated heterocycles. The van der Waals surface area contributed by atoms with Crippen molar-refractivity contribution in [1.29, 1.82) is 0 Å². The van der Waals surface area contributed by atoms with Crippen molar-refractivity contribution in [2.24, 2.45) is 7.05 Å². The molecule has 1 aromatic carbocycles. The summed E-state index contributed by atoms with van der Waals surface area (Å²) in [5, 5.41) is 11.5. The number of benzene rings is 1. The molecule has 3 aromatic rings. The predicted octanol–water partition coefficient (Wildman–Crippen LogP) is 2.88. The molecule has 0 aliphatic carbocycles. The second-order valence-corrected chi connectivity index (χ2v) is 5.81. The van der Waals surface area contributed by atoms with Crippen LogP contribution in [0.25, 0.3) is 10.9 Å². The summed E-state index contributed by atoms with van der Waals surface area (Å²) in [6, 6.07) is 7.96. The van der Waals surface area contributed by atoms with E-state index in [0.717, 1.165) is 16.5 Å². The molecule has 23 heavy (non-hydrogen) atoms. The first-order valence-electron chi connectivity index (χ1n) is 7.21. The summed E-state index contributed by atoms with van der Waals surface area (Å²) in [5.74, 6) is -0.105. The van der Waals surface area contributed by atoms with Crippen LogP contribution in [0.5, 0.6) is 5.88 Å². The number of rotatable bonds is 4. The topological polar surface area (TPSA) is 62.9 Å². The Morgan fingerprint density at radius 3 is 2.87 bits per heavy atom. The fourth-order valence-corrected chi connectivity index (χ4v) is 3.07. The van der Waals surface area contributed by atoms with Gasteiger partial charge in [0.1, 0.15) is 0 Å². The lowest BCUT2D eigenvalue weighted by Crippen LogP contribution is -2.19. The Bertz CT molecular complexity index is 1010. The van der Waals surface area contributed by atoms with Crippen LogP contribution in [0.3, 0.4) is 0 Å². The predicted molar refractivity (Wildman–Crippen MR) is 93.5 cm³/mol. The third kappa shape index (κ3) is 2.61. The van der Waals surface area contributed by atoms with Gasteiger partial charge in [-0.1, -0.05) is 24.3 Å². The molecular formula is C17H17N3O2S. The number of nitrogens with one attached hydrogen (secondary N) is 1.